The standard InChI is InChI=1S/C17H16BrN3O2/c1-2-22-15-9-3-12(4-10-15)17-20-16(23-21-17)11-19-14-7-5-13(18)6-8-14/h3-10,19H,2,11H2,1H3. The van der Waals surface area contributed by atoms with Crippen molar-refractivity contribution in [3.8, 4) is 17.1 Å². The number of anilines is 1. The maximum absolute atomic E-state index is 5.42. The molecule has 2 aromatic carbocycles. The topological polar surface area (TPSA) is 60.2 Å². The predicted molar refractivity (Wildman–Crippen MR) is 92.4 cm³/mol. The van der Waals surface area contributed by atoms with E-state index in [-0.39, 0.29) is 0 Å². The van der Waals surface area contributed by atoms with Crippen LogP contribution in [0.4, 0.5) is 5.69 Å². The first-order chi connectivity index (χ1) is 11.2. The summed E-state index contributed by atoms with van der Waals surface area (Å²) in [5.74, 6) is 1.94. The van der Waals surface area contributed by atoms with Crippen molar-refractivity contribution < 1.29 is 9.26 Å². The van der Waals surface area contributed by atoms with Crippen LogP contribution >= 0.6 is 15.9 Å². The molecule has 0 aliphatic carbocycles. The van der Waals surface area contributed by atoms with Gasteiger partial charge in [0.25, 0.3) is 0 Å². The molecule has 0 spiro atoms. The van der Waals surface area contributed by atoms with E-state index in [1.54, 1.807) is 0 Å². The number of nitrogens with one attached hydrogen (secondary N) is 1. The first-order valence-corrected chi connectivity index (χ1v) is 8.09. The van der Waals surface area contributed by atoms with E-state index in [1.807, 2.05) is 55.5 Å². The molecule has 0 saturated heterocycles. The van der Waals surface area contributed by atoms with Crippen LogP contribution in [0.5, 0.6) is 5.75 Å². The van der Waals surface area contributed by atoms with Gasteiger partial charge in [-0.15, -0.1) is 0 Å². The van der Waals surface area contributed by atoms with Crippen LogP contribution in [0, 0.1) is 0 Å². The van der Waals surface area contributed by atoms with Crippen molar-refractivity contribution in [2.75, 3.05) is 11.9 Å². The Labute approximate surface area is 142 Å². The largest absolute Gasteiger partial charge is 0.494 e. The van der Waals surface area contributed by atoms with Crippen LogP contribution in [-0.2, 0) is 6.54 Å². The van der Waals surface area contributed by atoms with Crippen molar-refractivity contribution in [1.82, 2.24) is 10.1 Å². The smallest absolute Gasteiger partial charge is 0.246 e. The summed E-state index contributed by atoms with van der Waals surface area (Å²) in [6, 6.07) is 15.5. The molecular formula is C17H16BrN3O2. The number of ether oxygens (including phenoxy) is 1. The highest BCUT2D eigenvalue weighted by Crippen LogP contribution is 2.20. The second kappa shape index (κ2) is 7.28. The van der Waals surface area contributed by atoms with Gasteiger partial charge in [0.15, 0.2) is 0 Å². The number of benzene rings is 2. The molecule has 0 amide bonds. The molecule has 0 radical (unpaired) electrons. The number of nitrogens with zero attached hydrogens (tertiary/aromatic N) is 2. The highest BCUT2D eigenvalue weighted by molar-refractivity contribution is 9.10. The predicted octanol–water partition coefficient (Wildman–Crippen LogP) is 4.51. The first kappa shape index (κ1) is 15.6. The highest BCUT2D eigenvalue weighted by atomic mass is 79.9. The van der Waals surface area contributed by atoms with E-state index in [2.05, 4.69) is 31.4 Å². The van der Waals surface area contributed by atoms with Crippen molar-refractivity contribution >= 4 is 21.6 Å². The molecule has 23 heavy (non-hydrogen) atoms. The summed E-state index contributed by atoms with van der Waals surface area (Å²) >= 11 is 3.41. The molecule has 1 N–H and O–H groups in total. The van der Waals surface area contributed by atoms with Crippen LogP contribution in [0.25, 0.3) is 11.4 Å². The van der Waals surface area contributed by atoms with Crippen molar-refractivity contribution in [2.24, 2.45) is 0 Å². The lowest BCUT2D eigenvalue weighted by Gasteiger charge is -2.03. The maximum Gasteiger partial charge on any atom is 0.246 e. The van der Waals surface area contributed by atoms with Crippen LogP contribution in [0.2, 0.25) is 0 Å². The molecule has 0 fully saturated rings. The Morgan fingerprint density at radius 3 is 2.52 bits per heavy atom. The molecule has 1 heterocycles. The van der Waals surface area contributed by atoms with E-state index in [0.717, 1.165) is 21.5 Å². The molecular weight excluding hydrogens is 358 g/mol. The Morgan fingerprint density at radius 2 is 1.83 bits per heavy atom. The molecule has 0 aliphatic heterocycles. The van der Waals surface area contributed by atoms with Gasteiger partial charge in [-0.2, -0.15) is 4.98 Å². The van der Waals surface area contributed by atoms with Crippen molar-refractivity contribution in [3.63, 3.8) is 0 Å². The number of rotatable bonds is 6. The lowest BCUT2D eigenvalue weighted by atomic mass is 10.2. The normalized spacial score (nSPS) is 10.5. The Balaban J connectivity index is 1.64. The fourth-order valence-electron chi connectivity index (χ4n) is 2.06. The summed E-state index contributed by atoms with van der Waals surface area (Å²) in [6.07, 6.45) is 0. The Bertz CT molecular complexity index is 754. The zero-order chi connectivity index (χ0) is 16.1. The molecule has 5 nitrogen and oxygen atoms in total. The van der Waals surface area contributed by atoms with Crippen LogP contribution in [0.3, 0.4) is 0 Å². The molecule has 0 aliphatic rings. The van der Waals surface area contributed by atoms with Gasteiger partial charge in [-0.05, 0) is 55.5 Å². The maximum atomic E-state index is 5.42. The van der Waals surface area contributed by atoms with Gasteiger partial charge in [0, 0.05) is 15.7 Å². The quantitative estimate of drug-likeness (QED) is 0.688. The third kappa shape index (κ3) is 4.10. The highest BCUT2D eigenvalue weighted by Gasteiger charge is 2.08. The van der Waals surface area contributed by atoms with Crippen molar-refractivity contribution in [1.29, 1.82) is 0 Å². The monoisotopic (exact) mass is 373 g/mol. The van der Waals surface area contributed by atoms with Crippen LogP contribution in [0.1, 0.15) is 12.8 Å². The van der Waals surface area contributed by atoms with Gasteiger partial charge in [-0.3, -0.25) is 0 Å². The van der Waals surface area contributed by atoms with Crippen LogP contribution in [0.15, 0.2) is 57.5 Å². The van der Waals surface area contributed by atoms with Gasteiger partial charge in [0.05, 0.1) is 13.2 Å². The number of aromatic nitrogens is 2. The van der Waals surface area contributed by atoms with E-state index in [1.165, 1.54) is 0 Å². The molecule has 1 aromatic heterocycles. The molecule has 0 unspecified atom stereocenters. The van der Waals surface area contributed by atoms with E-state index in [4.69, 9.17) is 9.26 Å². The third-order valence-corrected chi connectivity index (χ3v) is 3.71. The van der Waals surface area contributed by atoms with Gasteiger partial charge in [-0.25, -0.2) is 0 Å². The van der Waals surface area contributed by atoms with Crippen molar-refractivity contribution in [2.45, 2.75) is 13.5 Å². The minimum Gasteiger partial charge on any atom is -0.494 e. The second-order valence-electron chi connectivity index (χ2n) is 4.83. The fourth-order valence-corrected chi connectivity index (χ4v) is 2.32. The average Bonchev–Trinajstić information content (AvgIpc) is 3.04. The molecule has 0 atom stereocenters. The number of hydrogen-bond donors (Lipinski definition) is 1. The van der Waals surface area contributed by atoms with E-state index >= 15 is 0 Å². The summed E-state index contributed by atoms with van der Waals surface area (Å²) in [5.41, 5.74) is 1.89. The summed E-state index contributed by atoms with van der Waals surface area (Å²) in [6.45, 7) is 3.08. The SMILES string of the molecule is CCOc1ccc(-c2noc(CNc3ccc(Br)cc3)n2)cc1. The number of hydrogen-bond acceptors (Lipinski definition) is 5. The molecule has 3 aromatic rings. The summed E-state index contributed by atoms with van der Waals surface area (Å²) in [5, 5.41) is 7.26. The van der Waals surface area contributed by atoms with Crippen molar-refractivity contribution in [3.05, 3.63) is 58.9 Å². The van der Waals surface area contributed by atoms with Crippen LogP contribution in [-0.4, -0.2) is 16.7 Å². The summed E-state index contributed by atoms with van der Waals surface area (Å²) in [7, 11) is 0. The van der Waals surface area contributed by atoms with Crippen LogP contribution < -0.4 is 10.1 Å². The third-order valence-electron chi connectivity index (χ3n) is 3.18. The molecule has 0 saturated carbocycles. The van der Waals surface area contributed by atoms with Gasteiger partial charge >= 0.3 is 0 Å². The Kier molecular flexibility index (Phi) is 4.92. The molecule has 6 heteroatoms. The average molecular weight is 374 g/mol. The van der Waals surface area contributed by atoms with Gasteiger partial charge < -0.3 is 14.6 Å². The van der Waals surface area contributed by atoms with Gasteiger partial charge in [-0.1, -0.05) is 21.1 Å². The first-order valence-electron chi connectivity index (χ1n) is 7.30. The molecule has 118 valence electrons. The lowest BCUT2D eigenvalue weighted by molar-refractivity contribution is 0.340. The molecule has 0 bridgehead atoms. The number of halogens is 1. The molecule has 3 rings (SSSR count). The fraction of sp³-hybridized carbons (Fsp3) is 0.176. The zero-order valence-corrected chi connectivity index (χ0v) is 14.2. The summed E-state index contributed by atoms with van der Waals surface area (Å²) in [4.78, 5) is 4.40. The minimum atomic E-state index is 0.478. The van der Waals surface area contributed by atoms with E-state index in [9.17, 15) is 0 Å². The minimum absolute atomic E-state index is 0.478. The Hall–Kier alpha value is -2.34. The Morgan fingerprint density at radius 1 is 1.09 bits per heavy atom. The van der Waals surface area contributed by atoms with Gasteiger partial charge in [0.2, 0.25) is 11.7 Å². The lowest BCUT2D eigenvalue weighted by Crippen LogP contribution is -1.99. The second-order valence-corrected chi connectivity index (χ2v) is 5.75. The zero-order valence-electron chi connectivity index (χ0n) is 12.6. The van der Waals surface area contributed by atoms with Gasteiger partial charge in [0.1, 0.15) is 5.75 Å². The summed E-state index contributed by atoms with van der Waals surface area (Å²) < 4.78 is 11.7. The van der Waals surface area contributed by atoms with E-state index < -0.39 is 0 Å². The van der Waals surface area contributed by atoms with E-state index in [0.29, 0.717) is 24.9 Å².